The van der Waals surface area contributed by atoms with E-state index in [1.165, 1.54) is 0 Å². The molecule has 1 aromatic carbocycles. The summed E-state index contributed by atoms with van der Waals surface area (Å²) in [5.74, 6) is 0. The van der Waals surface area contributed by atoms with E-state index in [-0.39, 0.29) is 0 Å². The Hall–Kier alpha value is -1.65. The van der Waals surface area contributed by atoms with Gasteiger partial charge in [-0.3, -0.25) is 4.98 Å². The Balaban J connectivity index is 1.88. The van der Waals surface area contributed by atoms with Gasteiger partial charge in [0.05, 0.1) is 10.7 Å². The second-order valence-corrected chi connectivity index (χ2v) is 5.71. The molecule has 0 aliphatic carbocycles. The Labute approximate surface area is 135 Å². The number of aryl methyl sites for hydroxylation is 2. The molecule has 0 fully saturated rings. The topological polar surface area (TPSA) is 37.0 Å². The van der Waals surface area contributed by atoms with Crippen molar-refractivity contribution < 1.29 is 0 Å². The molecule has 2 rings (SSSR count). The molecule has 0 spiro atoms. The average Bonchev–Trinajstić information content (AvgIpc) is 2.44. The van der Waals surface area contributed by atoms with E-state index in [1.807, 2.05) is 38.1 Å². The molecule has 0 unspecified atom stereocenters. The highest BCUT2D eigenvalue weighted by Crippen LogP contribution is 2.27. The fraction of sp³-hybridized carbons (Fsp3) is 0.250. The van der Waals surface area contributed by atoms with Crippen LogP contribution < -0.4 is 10.6 Å². The minimum absolute atomic E-state index is 0.569. The number of nitrogens with one attached hydrogen (secondary N) is 2. The lowest BCUT2D eigenvalue weighted by Gasteiger charge is -2.14. The van der Waals surface area contributed by atoms with Crippen molar-refractivity contribution in [2.75, 3.05) is 11.9 Å². The fourth-order valence-corrected chi connectivity index (χ4v) is 2.65. The van der Waals surface area contributed by atoms with E-state index in [0.717, 1.165) is 35.5 Å². The maximum atomic E-state index is 6.25. The Morgan fingerprint density at radius 3 is 2.76 bits per heavy atom. The maximum absolute atomic E-state index is 6.25. The summed E-state index contributed by atoms with van der Waals surface area (Å²) in [5, 5.41) is 7.58. The third-order valence-electron chi connectivity index (χ3n) is 3.06. The Kier molecular flexibility index (Phi) is 5.53. The quantitative estimate of drug-likeness (QED) is 0.839. The van der Waals surface area contributed by atoms with Crippen molar-refractivity contribution in [2.24, 2.45) is 0 Å². The minimum Gasteiger partial charge on any atom is -0.362 e. The predicted octanol–water partition coefficient (Wildman–Crippen LogP) is 3.88. The van der Waals surface area contributed by atoms with E-state index in [1.54, 1.807) is 6.20 Å². The molecule has 0 bridgehead atoms. The Bertz CT molecular complexity index is 606. The lowest BCUT2D eigenvalue weighted by Crippen LogP contribution is -2.30. The van der Waals surface area contributed by atoms with Crippen molar-refractivity contribution in [1.82, 2.24) is 10.3 Å². The van der Waals surface area contributed by atoms with Gasteiger partial charge in [0.1, 0.15) is 0 Å². The van der Waals surface area contributed by atoms with Crippen molar-refractivity contribution in [3.05, 3.63) is 58.4 Å². The molecule has 1 heterocycles. The molecule has 110 valence electrons. The zero-order chi connectivity index (χ0) is 15.2. The van der Waals surface area contributed by atoms with E-state index >= 15 is 0 Å². The number of halogens is 1. The highest BCUT2D eigenvalue weighted by Gasteiger charge is 2.07. The number of rotatable bonds is 4. The molecule has 0 aliphatic heterocycles. The fourth-order valence-electron chi connectivity index (χ4n) is 2.08. The SMILES string of the molecule is Cc1cc(C)c(NC(=S)NCCc2ccccn2)c(Cl)c1. The van der Waals surface area contributed by atoms with E-state index in [9.17, 15) is 0 Å². The van der Waals surface area contributed by atoms with Gasteiger partial charge in [-0.15, -0.1) is 0 Å². The first kappa shape index (κ1) is 15.7. The summed E-state index contributed by atoms with van der Waals surface area (Å²) in [7, 11) is 0. The minimum atomic E-state index is 0.569. The van der Waals surface area contributed by atoms with Gasteiger partial charge in [-0.25, -0.2) is 0 Å². The Morgan fingerprint density at radius 1 is 1.29 bits per heavy atom. The van der Waals surface area contributed by atoms with Crippen molar-refractivity contribution in [1.29, 1.82) is 0 Å². The Morgan fingerprint density at radius 2 is 2.10 bits per heavy atom. The zero-order valence-corrected chi connectivity index (χ0v) is 13.7. The predicted molar refractivity (Wildman–Crippen MR) is 93.1 cm³/mol. The summed E-state index contributed by atoms with van der Waals surface area (Å²) >= 11 is 11.6. The molecule has 0 amide bonds. The molecule has 2 N–H and O–H groups in total. The molecular weight excluding hydrogens is 302 g/mol. The van der Waals surface area contributed by atoms with Crippen LogP contribution in [0.25, 0.3) is 0 Å². The summed E-state index contributed by atoms with van der Waals surface area (Å²) in [5.41, 5.74) is 4.11. The summed E-state index contributed by atoms with van der Waals surface area (Å²) in [6, 6.07) is 9.89. The molecule has 21 heavy (non-hydrogen) atoms. The molecule has 0 radical (unpaired) electrons. The number of benzene rings is 1. The van der Waals surface area contributed by atoms with Gasteiger partial charge < -0.3 is 10.6 Å². The van der Waals surface area contributed by atoms with Crippen molar-refractivity contribution in [3.63, 3.8) is 0 Å². The van der Waals surface area contributed by atoms with Gasteiger partial charge in [0, 0.05) is 24.9 Å². The van der Waals surface area contributed by atoms with Crippen LogP contribution in [0.4, 0.5) is 5.69 Å². The first-order valence-corrected chi connectivity index (χ1v) is 7.56. The number of nitrogens with zero attached hydrogens (tertiary/aromatic N) is 1. The average molecular weight is 320 g/mol. The first-order valence-electron chi connectivity index (χ1n) is 6.78. The number of pyridine rings is 1. The van der Waals surface area contributed by atoms with Crippen LogP contribution >= 0.6 is 23.8 Å². The van der Waals surface area contributed by atoms with Gasteiger partial charge in [0.15, 0.2) is 5.11 Å². The molecule has 1 aromatic heterocycles. The van der Waals surface area contributed by atoms with E-state index < -0.39 is 0 Å². The van der Waals surface area contributed by atoms with Crippen LogP contribution in [0.1, 0.15) is 16.8 Å². The van der Waals surface area contributed by atoms with Gasteiger partial charge in [0.25, 0.3) is 0 Å². The summed E-state index contributed by atoms with van der Waals surface area (Å²) < 4.78 is 0. The summed E-state index contributed by atoms with van der Waals surface area (Å²) in [6.45, 7) is 4.76. The van der Waals surface area contributed by atoms with Crippen LogP contribution in [0.15, 0.2) is 36.5 Å². The highest BCUT2D eigenvalue weighted by molar-refractivity contribution is 7.80. The number of anilines is 1. The van der Waals surface area contributed by atoms with Crippen LogP contribution in [0.2, 0.25) is 5.02 Å². The second kappa shape index (κ2) is 7.38. The highest BCUT2D eigenvalue weighted by atomic mass is 35.5. The number of hydrogen-bond donors (Lipinski definition) is 2. The molecule has 2 aromatic rings. The molecule has 0 saturated heterocycles. The van der Waals surface area contributed by atoms with Crippen LogP contribution in [0, 0.1) is 13.8 Å². The lowest BCUT2D eigenvalue weighted by atomic mass is 10.1. The van der Waals surface area contributed by atoms with Gasteiger partial charge in [0.2, 0.25) is 0 Å². The van der Waals surface area contributed by atoms with E-state index in [4.69, 9.17) is 23.8 Å². The third kappa shape index (κ3) is 4.69. The van der Waals surface area contributed by atoms with Crippen LogP contribution in [0.5, 0.6) is 0 Å². The molecule has 0 saturated carbocycles. The molecule has 0 aliphatic rings. The van der Waals surface area contributed by atoms with Gasteiger partial charge >= 0.3 is 0 Å². The van der Waals surface area contributed by atoms with Gasteiger partial charge in [-0.1, -0.05) is 23.7 Å². The molecule has 0 atom stereocenters. The van der Waals surface area contributed by atoms with Crippen molar-refractivity contribution in [2.45, 2.75) is 20.3 Å². The van der Waals surface area contributed by atoms with Gasteiger partial charge in [-0.05, 0) is 55.4 Å². The zero-order valence-electron chi connectivity index (χ0n) is 12.1. The number of thiocarbonyl (C=S) groups is 1. The largest absolute Gasteiger partial charge is 0.362 e. The lowest BCUT2D eigenvalue weighted by molar-refractivity contribution is 0.847. The second-order valence-electron chi connectivity index (χ2n) is 4.89. The summed E-state index contributed by atoms with van der Waals surface area (Å²) in [4.78, 5) is 4.27. The van der Waals surface area contributed by atoms with Crippen LogP contribution in [-0.2, 0) is 6.42 Å². The van der Waals surface area contributed by atoms with Crippen LogP contribution in [-0.4, -0.2) is 16.6 Å². The van der Waals surface area contributed by atoms with Gasteiger partial charge in [-0.2, -0.15) is 0 Å². The third-order valence-corrected chi connectivity index (χ3v) is 3.61. The molecule has 5 heteroatoms. The number of hydrogen-bond acceptors (Lipinski definition) is 2. The summed E-state index contributed by atoms with van der Waals surface area (Å²) in [6.07, 6.45) is 2.62. The normalized spacial score (nSPS) is 10.2. The monoisotopic (exact) mass is 319 g/mol. The standard InChI is InChI=1S/C16H18ClN3S/c1-11-9-12(2)15(14(17)10-11)20-16(21)19-8-6-13-5-3-4-7-18-13/h3-5,7,9-10H,6,8H2,1-2H3,(H2,19,20,21). The van der Waals surface area contributed by atoms with E-state index in [2.05, 4.69) is 21.7 Å². The maximum Gasteiger partial charge on any atom is 0.170 e. The van der Waals surface area contributed by atoms with E-state index in [0.29, 0.717) is 10.1 Å². The van der Waals surface area contributed by atoms with Crippen molar-refractivity contribution >= 4 is 34.6 Å². The first-order chi connectivity index (χ1) is 10.1. The van der Waals surface area contributed by atoms with Crippen LogP contribution in [0.3, 0.4) is 0 Å². The molecular formula is C16H18ClN3S. The smallest absolute Gasteiger partial charge is 0.170 e. The number of aromatic nitrogens is 1. The molecule has 3 nitrogen and oxygen atoms in total. The van der Waals surface area contributed by atoms with Crippen molar-refractivity contribution in [3.8, 4) is 0 Å².